The number of hydrogen-bond donors (Lipinski definition) is 1. The first-order valence-electron chi connectivity index (χ1n) is 6.62. The summed E-state index contributed by atoms with van der Waals surface area (Å²) < 4.78 is 4.25. The Balaban J connectivity index is 2.08. The van der Waals surface area contributed by atoms with Crippen molar-refractivity contribution in [3.05, 3.63) is 34.3 Å². The predicted molar refractivity (Wildman–Crippen MR) is 79.4 cm³/mol. The van der Waals surface area contributed by atoms with Gasteiger partial charge in [-0.05, 0) is 42.8 Å². The summed E-state index contributed by atoms with van der Waals surface area (Å²) in [5.74, 6) is -0.206. The summed E-state index contributed by atoms with van der Waals surface area (Å²) in [5, 5.41) is 11.5. The summed E-state index contributed by atoms with van der Waals surface area (Å²) in [4.78, 5) is 12.2. The van der Waals surface area contributed by atoms with Crippen LogP contribution in [0.5, 0.6) is 0 Å². The molecule has 0 fully saturated rings. The molecule has 1 N–H and O–H groups in total. The van der Waals surface area contributed by atoms with E-state index in [-0.39, 0.29) is 11.9 Å². The van der Waals surface area contributed by atoms with Crippen molar-refractivity contribution in [2.24, 2.45) is 0 Å². The highest BCUT2D eigenvalue weighted by Crippen LogP contribution is 2.16. The molecule has 6 nitrogen and oxygen atoms in total. The molecule has 2 rings (SSSR count). The fraction of sp³-hybridized carbons (Fsp3) is 0.462. The Morgan fingerprint density at radius 3 is 2.60 bits per heavy atom. The van der Waals surface area contributed by atoms with Gasteiger partial charge in [0, 0.05) is 25.5 Å². The number of hydrogen-bond acceptors (Lipinski definition) is 3. The lowest BCUT2D eigenvalue weighted by Gasteiger charge is -2.10. The standard InChI is InChI=1S/C13H18BrN5O/c1-4-18-7-6-11(16-18)9(3)15-13(20)12-10(14)8-19(5-2)17-12/h6-9H,4-5H2,1-3H3,(H,15,20). The zero-order valence-electron chi connectivity index (χ0n) is 11.8. The minimum atomic E-state index is -0.206. The smallest absolute Gasteiger partial charge is 0.273 e. The maximum absolute atomic E-state index is 12.2. The summed E-state index contributed by atoms with van der Waals surface area (Å²) in [6, 6.07) is 1.75. The van der Waals surface area contributed by atoms with E-state index >= 15 is 0 Å². The Morgan fingerprint density at radius 2 is 2.05 bits per heavy atom. The van der Waals surface area contributed by atoms with Crippen LogP contribution in [0, 0.1) is 0 Å². The lowest BCUT2D eigenvalue weighted by atomic mass is 10.2. The molecule has 0 aliphatic heterocycles. The lowest BCUT2D eigenvalue weighted by Crippen LogP contribution is -2.27. The average Bonchev–Trinajstić information content (AvgIpc) is 3.04. The van der Waals surface area contributed by atoms with Gasteiger partial charge in [-0.2, -0.15) is 10.2 Å². The number of aromatic nitrogens is 4. The Morgan fingerprint density at radius 1 is 1.35 bits per heavy atom. The van der Waals surface area contributed by atoms with E-state index in [1.807, 2.05) is 37.7 Å². The fourth-order valence-electron chi connectivity index (χ4n) is 1.84. The first kappa shape index (κ1) is 14.8. The van der Waals surface area contributed by atoms with Gasteiger partial charge >= 0.3 is 0 Å². The third kappa shape index (κ3) is 3.09. The van der Waals surface area contributed by atoms with Gasteiger partial charge in [0.15, 0.2) is 5.69 Å². The Kier molecular flexibility index (Phi) is 4.59. The van der Waals surface area contributed by atoms with E-state index in [9.17, 15) is 4.79 Å². The van der Waals surface area contributed by atoms with Crippen LogP contribution in [0.4, 0.5) is 0 Å². The van der Waals surface area contributed by atoms with Gasteiger partial charge < -0.3 is 5.32 Å². The second-order valence-electron chi connectivity index (χ2n) is 4.47. The number of aryl methyl sites for hydroxylation is 2. The van der Waals surface area contributed by atoms with E-state index < -0.39 is 0 Å². The van der Waals surface area contributed by atoms with Crippen LogP contribution in [0.15, 0.2) is 22.9 Å². The van der Waals surface area contributed by atoms with Gasteiger partial charge in [0.2, 0.25) is 0 Å². The summed E-state index contributed by atoms with van der Waals surface area (Å²) in [7, 11) is 0. The zero-order valence-corrected chi connectivity index (χ0v) is 13.4. The van der Waals surface area contributed by atoms with Crippen LogP contribution in [-0.2, 0) is 13.1 Å². The fourth-order valence-corrected chi connectivity index (χ4v) is 2.33. The van der Waals surface area contributed by atoms with Gasteiger partial charge in [0.1, 0.15) is 0 Å². The van der Waals surface area contributed by atoms with E-state index in [0.717, 1.165) is 18.8 Å². The van der Waals surface area contributed by atoms with E-state index in [0.29, 0.717) is 10.2 Å². The van der Waals surface area contributed by atoms with E-state index in [4.69, 9.17) is 0 Å². The number of amides is 1. The van der Waals surface area contributed by atoms with Gasteiger partial charge in [0.25, 0.3) is 5.91 Å². The molecule has 1 atom stereocenters. The molecule has 7 heteroatoms. The molecule has 1 amide bonds. The molecule has 0 aliphatic rings. The summed E-state index contributed by atoms with van der Waals surface area (Å²) in [6.45, 7) is 7.44. The second-order valence-corrected chi connectivity index (χ2v) is 5.33. The molecule has 0 spiro atoms. The largest absolute Gasteiger partial charge is 0.342 e. The summed E-state index contributed by atoms with van der Waals surface area (Å²) in [5.41, 5.74) is 1.24. The molecular weight excluding hydrogens is 322 g/mol. The third-order valence-corrected chi connectivity index (χ3v) is 3.61. The number of rotatable bonds is 5. The van der Waals surface area contributed by atoms with Gasteiger partial charge in [-0.3, -0.25) is 14.2 Å². The molecule has 0 radical (unpaired) electrons. The molecule has 2 heterocycles. The van der Waals surface area contributed by atoms with E-state index in [2.05, 4.69) is 31.4 Å². The number of carbonyl (C=O) groups excluding carboxylic acids is 1. The molecule has 0 saturated carbocycles. The topological polar surface area (TPSA) is 64.7 Å². The third-order valence-electron chi connectivity index (χ3n) is 3.03. The van der Waals surface area contributed by atoms with Gasteiger partial charge in [-0.15, -0.1) is 0 Å². The van der Waals surface area contributed by atoms with Crippen LogP contribution in [0.1, 0.15) is 43.0 Å². The number of carbonyl (C=O) groups is 1. The quantitative estimate of drug-likeness (QED) is 0.909. The van der Waals surface area contributed by atoms with Gasteiger partial charge in [-0.1, -0.05) is 0 Å². The monoisotopic (exact) mass is 339 g/mol. The maximum Gasteiger partial charge on any atom is 0.273 e. The Labute approximate surface area is 126 Å². The predicted octanol–water partition coefficient (Wildman–Crippen LogP) is 2.37. The van der Waals surface area contributed by atoms with Crippen LogP contribution in [0.2, 0.25) is 0 Å². The molecular formula is C13H18BrN5O. The first-order valence-corrected chi connectivity index (χ1v) is 7.41. The van der Waals surface area contributed by atoms with Crippen LogP contribution in [-0.4, -0.2) is 25.5 Å². The van der Waals surface area contributed by atoms with Crippen molar-refractivity contribution in [1.82, 2.24) is 24.9 Å². The molecule has 108 valence electrons. The molecule has 0 aliphatic carbocycles. The average molecular weight is 340 g/mol. The van der Waals surface area contributed by atoms with Gasteiger partial charge in [0.05, 0.1) is 16.2 Å². The van der Waals surface area contributed by atoms with Crippen molar-refractivity contribution >= 4 is 21.8 Å². The molecule has 0 aromatic carbocycles. The number of nitrogens with zero attached hydrogens (tertiary/aromatic N) is 4. The summed E-state index contributed by atoms with van der Waals surface area (Å²) in [6.07, 6.45) is 3.70. The number of halogens is 1. The van der Waals surface area contributed by atoms with Crippen molar-refractivity contribution in [2.75, 3.05) is 0 Å². The lowest BCUT2D eigenvalue weighted by molar-refractivity contribution is 0.0932. The van der Waals surface area contributed by atoms with Crippen molar-refractivity contribution < 1.29 is 4.79 Å². The zero-order chi connectivity index (χ0) is 14.7. The van der Waals surface area contributed by atoms with Crippen molar-refractivity contribution in [3.8, 4) is 0 Å². The van der Waals surface area contributed by atoms with Crippen LogP contribution < -0.4 is 5.32 Å². The molecule has 1 unspecified atom stereocenters. The highest BCUT2D eigenvalue weighted by atomic mass is 79.9. The molecule has 0 bridgehead atoms. The van der Waals surface area contributed by atoms with Crippen LogP contribution in [0.3, 0.4) is 0 Å². The highest BCUT2D eigenvalue weighted by Gasteiger charge is 2.18. The first-order chi connectivity index (χ1) is 9.55. The van der Waals surface area contributed by atoms with Crippen molar-refractivity contribution in [1.29, 1.82) is 0 Å². The van der Waals surface area contributed by atoms with Crippen molar-refractivity contribution in [3.63, 3.8) is 0 Å². The number of nitrogens with one attached hydrogen (secondary N) is 1. The van der Waals surface area contributed by atoms with Crippen LogP contribution >= 0.6 is 15.9 Å². The second kappa shape index (κ2) is 6.21. The van der Waals surface area contributed by atoms with E-state index in [1.54, 1.807) is 10.9 Å². The molecule has 2 aromatic rings. The van der Waals surface area contributed by atoms with Gasteiger partial charge in [-0.25, -0.2) is 0 Å². The SMILES string of the molecule is CCn1ccc(C(C)NC(=O)c2nn(CC)cc2Br)n1. The van der Waals surface area contributed by atoms with Crippen molar-refractivity contribution in [2.45, 2.75) is 39.9 Å². The van der Waals surface area contributed by atoms with E-state index in [1.165, 1.54) is 0 Å². The molecule has 0 saturated heterocycles. The molecule has 20 heavy (non-hydrogen) atoms. The molecule has 2 aromatic heterocycles. The Hall–Kier alpha value is -1.63. The Bertz CT molecular complexity index is 604. The summed E-state index contributed by atoms with van der Waals surface area (Å²) >= 11 is 3.36. The normalized spacial score (nSPS) is 12.4. The van der Waals surface area contributed by atoms with Crippen LogP contribution in [0.25, 0.3) is 0 Å². The maximum atomic E-state index is 12.2. The minimum absolute atomic E-state index is 0.158. The highest BCUT2D eigenvalue weighted by molar-refractivity contribution is 9.10. The minimum Gasteiger partial charge on any atom is -0.342 e.